The maximum atomic E-state index is 13.2. The van der Waals surface area contributed by atoms with Crippen LogP contribution in [0.4, 0.5) is 4.39 Å². The summed E-state index contributed by atoms with van der Waals surface area (Å²) in [6.45, 7) is 0. The zero-order chi connectivity index (χ0) is 13.1. The van der Waals surface area contributed by atoms with Crippen LogP contribution < -0.4 is 4.74 Å². The molecule has 0 aromatic heterocycles. The van der Waals surface area contributed by atoms with E-state index in [1.165, 1.54) is 19.2 Å². The Labute approximate surface area is 98.0 Å². The van der Waals surface area contributed by atoms with Gasteiger partial charge in [0.25, 0.3) is 10.1 Å². The summed E-state index contributed by atoms with van der Waals surface area (Å²) in [6, 6.07) is 3.56. The molecule has 0 aliphatic rings. The smallest absolute Gasteiger partial charge is 0.265 e. The van der Waals surface area contributed by atoms with Gasteiger partial charge in [0.2, 0.25) is 0 Å². The van der Waals surface area contributed by atoms with Crippen molar-refractivity contribution in [3.8, 4) is 5.75 Å². The molecule has 0 amide bonds. The minimum absolute atomic E-state index is 0.00340. The number of methoxy groups -OCH3 is 1. The molecule has 0 atom stereocenters. The summed E-state index contributed by atoms with van der Waals surface area (Å²) in [7, 11) is -2.90. The van der Waals surface area contributed by atoms with Gasteiger partial charge in [0.05, 0.1) is 12.9 Å². The van der Waals surface area contributed by atoms with Crippen molar-refractivity contribution in [1.82, 2.24) is 0 Å². The second kappa shape index (κ2) is 5.24. The molecule has 1 aromatic carbocycles. The van der Waals surface area contributed by atoms with Gasteiger partial charge in [-0.15, -0.1) is 0 Å². The lowest BCUT2D eigenvalue weighted by Gasteiger charge is -2.04. The molecule has 1 N–H and O–H groups in total. The first-order chi connectivity index (χ1) is 7.83. The number of ether oxygens (including phenoxy) is 1. The molecule has 0 aliphatic heterocycles. The standard InChI is InChI=1S/C10H11FO5S/c1-16-10-3-2-7(6-8(10)11)9(12)4-5-17(13,14)15/h2-3,6H,4-5H2,1H3,(H,13,14,15). The molecule has 0 heterocycles. The van der Waals surface area contributed by atoms with E-state index in [4.69, 9.17) is 4.55 Å². The Morgan fingerprint density at radius 3 is 2.59 bits per heavy atom. The van der Waals surface area contributed by atoms with Gasteiger partial charge in [-0.05, 0) is 18.2 Å². The van der Waals surface area contributed by atoms with Crippen molar-refractivity contribution in [1.29, 1.82) is 0 Å². The maximum absolute atomic E-state index is 13.2. The van der Waals surface area contributed by atoms with E-state index < -0.39 is 33.9 Å². The first-order valence-corrected chi connectivity index (χ1v) is 6.26. The van der Waals surface area contributed by atoms with Crippen LogP contribution in [0, 0.1) is 5.82 Å². The molecule has 94 valence electrons. The number of ketones is 1. The van der Waals surface area contributed by atoms with Crippen LogP contribution in [0.2, 0.25) is 0 Å². The predicted molar refractivity (Wildman–Crippen MR) is 58.3 cm³/mol. The minimum atomic E-state index is -4.19. The fraction of sp³-hybridized carbons (Fsp3) is 0.300. The molecule has 0 radical (unpaired) electrons. The zero-order valence-electron chi connectivity index (χ0n) is 9.01. The van der Waals surface area contributed by atoms with Crippen molar-refractivity contribution in [3.05, 3.63) is 29.6 Å². The normalized spacial score (nSPS) is 11.2. The van der Waals surface area contributed by atoms with Crippen molar-refractivity contribution < 1.29 is 26.9 Å². The molecule has 7 heteroatoms. The summed E-state index contributed by atoms with van der Waals surface area (Å²) in [5.74, 6) is -1.95. The average molecular weight is 262 g/mol. The molecule has 0 bridgehead atoms. The van der Waals surface area contributed by atoms with E-state index in [2.05, 4.69) is 4.74 Å². The summed E-state index contributed by atoms with van der Waals surface area (Å²) in [5.41, 5.74) is 0.0342. The topological polar surface area (TPSA) is 80.7 Å². The summed E-state index contributed by atoms with van der Waals surface area (Å²) in [6.07, 6.45) is -0.398. The fourth-order valence-electron chi connectivity index (χ4n) is 1.21. The van der Waals surface area contributed by atoms with Crippen LogP contribution in [0.25, 0.3) is 0 Å². The Morgan fingerprint density at radius 2 is 2.12 bits per heavy atom. The number of Topliss-reactive ketones (excluding diaryl/α,β-unsaturated/α-hetero) is 1. The molecule has 0 fully saturated rings. The molecule has 0 spiro atoms. The highest BCUT2D eigenvalue weighted by Crippen LogP contribution is 2.18. The third kappa shape index (κ3) is 4.12. The van der Waals surface area contributed by atoms with E-state index in [-0.39, 0.29) is 11.3 Å². The Kier molecular flexibility index (Phi) is 4.19. The zero-order valence-corrected chi connectivity index (χ0v) is 9.83. The van der Waals surface area contributed by atoms with Gasteiger partial charge in [-0.1, -0.05) is 0 Å². The molecule has 0 unspecified atom stereocenters. The van der Waals surface area contributed by atoms with Gasteiger partial charge in [0, 0.05) is 12.0 Å². The van der Waals surface area contributed by atoms with Gasteiger partial charge in [-0.25, -0.2) is 4.39 Å². The second-order valence-corrected chi connectivity index (χ2v) is 4.88. The van der Waals surface area contributed by atoms with Crippen LogP contribution in [-0.4, -0.2) is 31.6 Å². The minimum Gasteiger partial charge on any atom is -0.494 e. The maximum Gasteiger partial charge on any atom is 0.265 e. The van der Waals surface area contributed by atoms with Crippen molar-refractivity contribution in [2.45, 2.75) is 6.42 Å². The molecular weight excluding hydrogens is 251 g/mol. The lowest BCUT2D eigenvalue weighted by atomic mass is 10.1. The fourth-order valence-corrected chi connectivity index (χ4v) is 1.65. The van der Waals surface area contributed by atoms with Crippen molar-refractivity contribution in [3.63, 3.8) is 0 Å². The number of hydrogen-bond donors (Lipinski definition) is 1. The third-order valence-electron chi connectivity index (χ3n) is 2.06. The van der Waals surface area contributed by atoms with E-state index in [9.17, 15) is 17.6 Å². The number of rotatable bonds is 5. The first-order valence-electron chi connectivity index (χ1n) is 4.65. The SMILES string of the molecule is COc1ccc(C(=O)CCS(=O)(=O)O)cc1F. The van der Waals surface area contributed by atoms with E-state index in [0.29, 0.717) is 0 Å². The average Bonchev–Trinajstić information content (AvgIpc) is 2.24. The van der Waals surface area contributed by atoms with Crippen LogP contribution in [0.3, 0.4) is 0 Å². The highest BCUT2D eigenvalue weighted by Gasteiger charge is 2.13. The highest BCUT2D eigenvalue weighted by molar-refractivity contribution is 7.85. The monoisotopic (exact) mass is 262 g/mol. The van der Waals surface area contributed by atoms with Crippen LogP contribution in [0.1, 0.15) is 16.8 Å². The molecule has 17 heavy (non-hydrogen) atoms. The predicted octanol–water partition coefficient (Wildman–Crippen LogP) is 1.29. The summed E-state index contributed by atoms with van der Waals surface area (Å²) in [5, 5.41) is 0. The molecule has 0 saturated heterocycles. The molecule has 0 saturated carbocycles. The van der Waals surface area contributed by atoms with Gasteiger partial charge >= 0.3 is 0 Å². The quantitative estimate of drug-likeness (QED) is 0.639. The second-order valence-electron chi connectivity index (χ2n) is 3.31. The van der Waals surface area contributed by atoms with Crippen molar-refractivity contribution in [2.24, 2.45) is 0 Å². The number of hydrogen-bond acceptors (Lipinski definition) is 4. The van der Waals surface area contributed by atoms with Gasteiger partial charge < -0.3 is 4.74 Å². The van der Waals surface area contributed by atoms with Crippen molar-refractivity contribution in [2.75, 3.05) is 12.9 Å². The Hall–Kier alpha value is -1.47. The van der Waals surface area contributed by atoms with Gasteiger partial charge in [0.15, 0.2) is 17.3 Å². The molecule has 1 aromatic rings. The molecule has 5 nitrogen and oxygen atoms in total. The lowest BCUT2D eigenvalue weighted by Crippen LogP contribution is -2.10. The molecular formula is C10H11FO5S. The van der Waals surface area contributed by atoms with Crippen molar-refractivity contribution >= 4 is 15.9 Å². The van der Waals surface area contributed by atoms with Gasteiger partial charge in [-0.2, -0.15) is 8.42 Å². The van der Waals surface area contributed by atoms with E-state index in [1.807, 2.05) is 0 Å². The Balaban J connectivity index is 2.80. The highest BCUT2D eigenvalue weighted by atomic mass is 32.2. The van der Waals surface area contributed by atoms with Crippen LogP contribution in [-0.2, 0) is 10.1 Å². The van der Waals surface area contributed by atoms with E-state index in [0.717, 1.165) is 6.07 Å². The summed E-state index contributed by atoms with van der Waals surface area (Å²) < 4.78 is 47.3. The van der Waals surface area contributed by atoms with E-state index >= 15 is 0 Å². The molecule has 0 aliphatic carbocycles. The number of halogens is 1. The Morgan fingerprint density at radius 1 is 1.47 bits per heavy atom. The Bertz CT molecular complexity index is 523. The van der Waals surface area contributed by atoms with Gasteiger partial charge in [-0.3, -0.25) is 9.35 Å². The number of carbonyl (C=O) groups excluding carboxylic acids is 1. The first kappa shape index (κ1) is 13.6. The summed E-state index contributed by atoms with van der Waals surface area (Å²) in [4.78, 5) is 11.5. The summed E-state index contributed by atoms with van der Waals surface area (Å²) >= 11 is 0. The number of benzene rings is 1. The van der Waals surface area contributed by atoms with E-state index in [1.54, 1.807) is 0 Å². The largest absolute Gasteiger partial charge is 0.494 e. The molecule has 1 rings (SSSR count). The van der Waals surface area contributed by atoms with Crippen LogP contribution >= 0.6 is 0 Å². The van der Waals surface area contributed by atoms with Gasteiger partial charge in [0.1, 0.15) is 0 Å². The third-order valence-corrected chi connectivity index (χ3v) is 2.78. The van der Waals surface area contributed by atoms with Crippen LogP contribution in [0.15, 0.2) is 18.2 Å². The lowest BCUT2D eigenvalue weighted by molar-refractivity contribution is 0.0987. The number of carbonyl (C=O) groups is 1. The van der Waals surface area contributed by atoms with Crippen LogP contribution in [0.5, 0.6) is 5.75 Å².